The van der Waals surface area contributed by atoms with Gasteiger partial charge in [-0.2, -0.15) is 0 Å². The summed E-state index contributed by atoms with van der Waals surface area (Å²) in [4.78, 5) is 4.27. The second-order valence-electron chi connectivity index (χ2n) is 3.80. The summed E-state index contributed by atoms with van der Waals surface area (Å²) in [6.45, 7) is 10.7. The van der Waals surface area contributed by atoms with Crippen molar-refractivity contribution in [2.24, 2.45) is 0 Å². The van der Waals surface area contributed by atoms with E-state index in [-0.39, 0.29) is 0 Å². The molecule has 2 heteroatoms. The van der Waals surface area contributed by atoms with Gasteiger partial charge in [-0.3, -0.25) is 0 Å². The maximum atomic E-state index is 4.27. The molecule has 0 saturated heterocycles. The third kappa shape index (κ3) is 1.52. The smallest absolute Gasteiger partial charge is 0.177 e. The van der Waals surface area contributed by atoms with Gasteiger partial charge in [0.25, 0.3) is 0 Å². The van der Waals surface area contributed by atoms with Crippen molar-refractivity contribution < 1.29 is 0 Å². The van der Waals surface area contributed by atoms with Gasteiger partial charge in [-0.05, 0) is 26.7 Å². The van der Waals surface area contributed by atoms with Crippen LogP contribution < -0.4 is 0 Å². The molecule has 0 aliphatic heterocycles. The maximum Gasteiger partial charge on any atom is 0.177 e. The highest BCUT2D eigenvalue weighted by Crippen LogP contribution is 2.19. The fourth-order valence-electron chi connectivity index (χ4n) is 1.44. The maximum absolute atomic E-state index is 4.27. The van der Waals surface area contributed by atoms with Crippen molar-refractivity contribution in [1.29, 1.82) is 0 Å². The lowest BCUT2D eigenvalue weighted by atomic mass is 10.1. The fourth-order valence-corrected chi connectivity index (χ4v) is 1.44. The van der Waals surface area contributed by atoms with Gasteiger partial charge in [0.05, 0.1) is 5.69 Å². The van der Waals surface area contributed by atoms with E-state index in [1.165, 1.54) is 11.4 Å². The number of hydrogen-bond donors (Lipinski definition) is 0. The normalized spacial score (nSPS) is 11.6. The van der Waals surface area contributed by atoms with Crippen molar-refractivity contribution in [3.63, 3.8) is 0 Å². The van der Waals surface area contributed by atoms with Crippen molar-refractivity contribution >= 4 is 0 Å². The highest BCUT2D eigenvalue weighted by atomic mass is 15.1. The first-order valence-corrected chi connectivity index (χ1v) is 4.50. The van der Waals surface area contributed by atoms with Crippen LogP contribution in [0.4, 0.5) is 0 Å². The van der Waals surface area contributed by atoms with E-state index >= 15 is 0 Å². The van der Waals surface area contributed by atoms with Gasteiger partial charge in [0, 0.05) is 11.7 Å². The highest BCUT2D eigenvalue weighted by molar-refractivity contribution is 5.14. The van der Waals surface area contributed by atoms with Gasteiger partial charge in [0.2, 0.25) is 0 Å². The van der Waals surface area contributed by atoms with Crippen LogP contribution in [0.15, 0.2) is 0 Å². The van der Waals surface area contributed by atoms with Crippen molar-refractivity contribution in [2.45, 2.75) is 46.6 Å². The van der Waals surface area contributed by atoms with Gasteiger partial charge in [-0.25, -0.2) is 4.98 Å². The zero-order valence-electron chi connectivity index (χ0n) is 8.55. The van der Waals surface area contributed by atoms with E-state index in [9.17, 15) is 0 Å². The molecule has 1 aromatic heterocycles. The van der Waals surface area contributed by atoms with Crippen molar-refractivity contribution in [1.82, 2.24) is 9.55 Å². The van der Waals surface area contributed by atoms with Crippen LogP contribution in [0, 0.1) is 13.3 Å². The first kappa shape index (κ1) is 9.30. The molecule has 0 fully saturated rings. The van der Waals surface area contributed by atoms with Gasteiger partial charge in [0.1, 0.15) is 0 Å². The van der Waals surface area contributed by atoms with Crippen molar-refractivity contribution in [3.8, 4) is 0 Å². The largest absolute Gasteiger partial charge is 0.323 e. The molecule has 0 amide bonds. The second-order valence-corrected chi connectivity index (χ2v) is 3.80. The van der Waals surface area contributed by atoms with E-state index in [0.29, 0.717) is 12.0 Å². The summed E-state index contributed by atoms with van der Waals surface area (Å²) in [6.07, 6.45) is 3.02. The SMILES string of the molecule is Cc1c(C(C)C)n[c]n1C(C)C. The number of rotatable bonds is 2. The van der Waals surface area contributed by atoms with E-state index in [2.05, 4.69) is 50.5 Å². The Hall–Kier alpha value is -0.790. The molecule has 1 aromatic rings. The number of aromatic nitrogens is 2. The Morgan fingerprint density at radius 3 is 2.08 bits per heavy atom. The summed E-state index contributed by atoms with van der Waals surface area (Å²) in [5.41, 5.74) is 2.42. The first-order valence-electron chi connectivity index (χ1n) is 4.50. The molecule has 1 radical (unpaired) electrons. The molecule has 0 saturated carbocycles. The zero-order chi connectivity index (χ0) is 9.30. The molecular weight excluding hydrogens is 148 g/mol. The van der Waals surface area contributed by atoms with Gasteiger partial charge >= 0.3 is 0 Å². The Balaban J connectivity index is 3.04. The molecular formula is C10H17N2. The van der Waals surface area contributed by atoms with Crippen LogP contribution in [0.2, 0.25) is 0 Å². The van der Waals surface area contributed by atoms with Crippen LogP contribution in [0.25, 0.3) is 0 Å². The molecule has 12 heavy (non-hydrogen) atoms. The molecule has 0 aliphatic rings. The fraction of sp³-hybridized carbons (Fsp3) is 0.700. The van der Waals surface area contributed by atoms with E-state index in [1.807, 2.05) is 0 Å². The Labute approximate surface area is 74.6 Å². The Kier molecular flexibility index (Phi) is 2.55. The van der Waals surface area contributed by atoms with Crippen LogP contribution in [-0.2, 0) is 0 Å². The second kappa shape index (κ2) is 3.30. The van der Waals surface area contributed by atoms with E-state index in [1.54, 1.807) is 0 Å². The molecule has 0 bridgehead atoms. The third-order valence-electron chi connectivity index (χ3n) is 2.07. The Bertz CT molecular complexity index is 233. The molecule has 1 heterocycles. The topological polar surface area (TPSA) is 17.8 Å². The monoisotopic (exact) mass is 165 g/mol. The van der Waals surface area contributed by atoms with E-state index in [0.717, 1.165) is 0 Å². The average molecular weight is 165 g/mol. The first-order chi connectivity index (χ1) is 5.54. The van der Waals surface area contributed by atoms with Gasteiger partial charge in [-0.1, -0.05) is 13.8 Å². The highest BCUT2D eigenvalue weighted by Gasteiger charge is 2.11. The lowest BCUT2D eigenvalue weighted by Crippen LogP contribution is -2.02. The zero-order valence-corrected chi connectivity index (χ0v) is 8.55. The van der Waals surface area contributed by atoms with Gasteiger partial charge in [0.15, 0.2) is 6.33 Å². The number of hydrogen-bond acceptors (Lipinski definition) is 1. The Morgan fingerprint density at radius 1 is 1.25 bits per heavy atom. The van der Waals surface area contributed by atoms with E-state index in [4.69, 9.17) is 0 Å². The Morgan fingerprint density at radius 2 is 1.83 bits per heavy atom. The summed E-state index contributed by atoms with van der Waals surface area (Å²) in [5, 5.41) is 0. The number of imidazole rings is 1. The summed E-state index contributed by atoms with van der Waals surface area (Å²) >= 11 is 0. The molecule has 0 aromatic carbocycles. The minimum atomic E-state index is 0.463. The molecule has 0 N–H and O–H groups in total. The lowest BCUT2D eigenvalue weighted by Gasteiger charge is -2.09. The third-order valence-corrected chi connectivity index (χ3v) is 2.07. The average Bonchev–Trinajstić information content (AvgIpc) is 2.30. The standard InChI is InChI=1S/C10H17N2/c1-7(2)10-9(5)12(6-11-10)8(3)4/h7-8H,1-5H3. The van der Waals surface area contributed by atoms with Crippen LogP contribution in [0.5, 0.6) is 0 Å². The molecule has 0 unspecified atom stereocenters. The minimum absolute atomic E-state index is 0.463. The minimum Gasteiger partial charge on any atom is -0.323 e. The predicted octanol–water partition coefficient (Wildman–Crippen LogP) is 2.70. The molecule has 67 valence electrons. The summed E-state index contributed by atoms with van der Waals surface area (Å²) < 4.78 is 2.09. The van der Waals surface area contributed by atoms with Crippen LogP contribution in [0.3, 0.4) is 0 Å². The summed E-state index contributed by atoms with van der Waals surface area (Å²) in [5.74, 6) is 0.501. The molecule has 0 aliphatic carbocycles. The summed E-state index contributed by atoms with van der Waals surface area (Å²) in [7, 11) is 0. The predicted molar refractivity (Wildman–Crippen MR) is 50.3 cm³/mol. The quantitative estimate of drug-likeness (QED) is 0.658. The van der Waals surface area contributed by atoms with Gasteiger partial charge < -0.3 is 4.57 Å². The van der Waals surface area contributed by atoms with E-state index < -0.39 is 0 Å². The molecule has 0 atom stereocenters. The van der Waals surface area contributed by atoms with Crippen LogP contribution >= 0.6 is 0 Å². The van der Waals surface area contributed by atoms with Crippen molar-refractivity contribution in [3.05, 3.63) is 17.7 Å². The number of nitrogens with zero attached hydrogens (tertiary/aromatic N) is 2. The van der Waals surface area contributed by atoms with Crippen molar-refractivity contribution in [2.75, 3.05) is 0 Å². The van der Waals surface area contributed by atoms with Crippen LogP contribution in [-0.4, -0.2) is 9.55 Å². The molecule has 0 spiro atoms. The molecule has 2 nitrogen and oxygen atoms in total. The summed E-state index contributed by atoms with van der Waals surface area (Å²) in [6, 6.07) is 0.463. The lowest BCUT2D eigenvalue weighted by molar-refractivity contribution is 0.579. The molecule has 1 rings (SSSR count). The van der Waals surface area contributed by atoms with Gasteiger partial charge in [-0.15, -0.1) is 0 Å². The van der Waals surface area contributed by atoms with Crippen LogP contribution in [0.1, 0.15) is 51.0 Å².